The van der Waals surface area contributed by atoms with Crippen molar-refractivity contribution in [1.29, 1.82) is 0 Å². The third kappa shape index (κ3) is 3.26. The highest BCUT2D eigenvalue weighted by Crippen LogP contribution is 2.35. The van der Waals surface area contributed by atoms with Gasteiger partial charge in [0.1, 0.15) is 0 Å². The van der Waals surface area contributed by atoms with E-state index in [2.05, 4.69) is 45.6 Å². The van der Waals surface area contributed by atoms with Gasteiger partial charge in [-0.1, -0.05) is 53.7 Å². The summed E-state index contributed by atoms with van der Waals surface area (Å²) in [6.45, 7) is 0. The maximum atomic E-state index is 4.88. The van der Waals surface area contributed by atoms with E-state index in [1.807, 2.05) is 11.3 Å². The van der Waals surface area contributed by atoms with Gasteiger partial charge in [-0.05, 0) is 25.0 Å². The summed E-state index contributed by atoms with van der Waals surface area (Å²) in [4.78, 5) is 4.88. The van der Waals surface area contributed by atoms with Crippen LogP contribution in [0, 0.1) is 0 Å². The molecule has 0 aliphatic heterocycles. The standard InChI is InChI=1S/C16H18BrNS/c17-14-9-5-8-13(10-14)15-11-19-16(18-15)12-6-3-1-2-4-7-12/h5,8-12H,1-4,6-7H2. The van der Waals surface area contributed by atoms with Crippen molar-refractivity contribution >= 4 is 27.3 Å². The zero-order valence-corrected chi connectivity index (χ0v) is 13.3. The second-order valence-corrected chi connectivity index (χ2v) is 7.08. The highest BCUT2D eigenvalue weighted by Gasteiger charge is 2.18. The predicted molar refractivity (Wildman–Crippen MR) is 85.7 cm³/mol. The lowest BCUT2D eigenvalue weighted by atomic mass is 10.0. The summed E-state index contributed by atoms with van der Waals surface area (Å²) in [6.07, 6.45) is 8.20. The largest absolute Gasteiger partial charge is 0.241 e. The first-order valence-corrected chi connectivity index (χ1v) is 8.71. The molecule has 0 atom stereocenters. The van der Waals surface area contributed by atoms with E-state index in [0.29, 0.717) is 5.92 Å². The first kappa shape index (κ1) is 13.3. The van der Waals surface area contributed by atoms with Gasteiger partial charge in [-0.3, -0.25) is 0 Å². The zero-order chi connectivity index (χ0) is 13.1. The van der Waals surface area contributed by atoms with Gasteiger partial charge < -0.3 is 0 Å². The van der Waals surface area contributed by atoms with E-state index in [0.717, 1.165) is 10.2 Å². The number of benzene rings is 1. The van der Waals surface area contributed by atoms with Crippen LogP contribution in [-0.4, -0.2) is 4.98 Å². The maximum Gasteiger partial charge on any atom is 0.0963 e. The highest BCUT2D eigenvalue weighted by atomic mass is 79.9. The molecule has 1 aromatic carbocycles. The summed E-state index contributed by atoms with van der Waals surface area (Å²) in [7, 11) is 0. The Morgan fingerprint density at radius 1 is 1.11 bits per heavy atom. The number of nitrogens with zero attached hydrogens (tertiary/aromatic N) is 1. The van der Waals surface area contributed by atoms with Gasteiger partial charge in [-0.15, -0.1) is 11.3 Å². The number of thiazole rings is 1. The van der Waals surface area contributed by atoms with E-state index in [1.54, 1.807) is 0 Å². The molecule has 1 nitrogen and oxygen atoms in total. The second-order valence-electron chi connectivity index (χ2n) is 5.27. The molecule has 3 heteroatoms. The topological polar surface area (TPSA) is 12.9 Å². The molecule has 1 aliphatic rings. The van der Waals surface area contributed by atoms with Gasteiger partial charge in [-0.25, -0.2) is 4.98 Å². The van der Waals surface area contributed by atoms with Crippen LogP contribution in [0.15, 0.2) is 34.1 Å². The van der Waals surface area contributed by atoms with Crippen LogP contribution in [0.2, 0.25) is 0 Å². The molecule has 1 fully saturated rings. The fraction of sp³-hybridized carbons (Fsp3) is 0.438. The summed E-state index contributed by atoms with van der Waals surface area (Å²) in [5.41, 5.74) is 2.34. The number of hydrogen-bond donors (Lipinski definition) is 0. The average molecular weight is 336 g/mol. The molecule has 19 heavy (non-hydrogen) atoms. The summed E-state index contributed by atoms with van der Waals surface area (Å²) in [5, 5.41) is 3.55. The third-order valence-corrected chi connectivity index (χ3v) is 5.35. The molecule has 1 saturated carbocycles. The Kier molecular flexibility index (Phi) is 4.34. The minimum Gasteiger partial charge on any atom is -0.241 e. The van der Waals surface area contributed by atoms with Gasteiger partial charge in [0, 0.05) is 21.3 Å². The Hall–Kier alpha value is -0.670. The molecule has 2 aromatic rings. The minimum atomic E-state index is 0.702. The second kappa shape index (κ2) is 6.19. The van der Waals surface area contributed by atoms with E-state index in [1.165, 1.54) is 49.1 Å². The van der Waals surface area contributed by atoms with E-state index in [9.17, 15) is 0 Å². The van der Waals surface area contributed by atoms with Crippen LogP contribution in [0.5, 0.6) is 0 Å². The fourth-order valence-corrected chi connectivity index (χ4v) is 4.18. The Labute approximate surface area is 127 Å². The molecule has 0 amide bonds. The molecule has 0 unspecified atom stereocenters. The minimum absolute atomic E-state index is 0.702. The van der Waals surface area contributed by atoms with Crippen molar-refractivity contribution in [2.24, 2.45) is 0 Å². The molecule has 0 spiro atoms. The molecule has 0 saturated heterocycles. The van der Waals surface area contributed by atoms with Crippen LogP contribution >= 0.6 is 27.3 Å². The van der Waals surface area contributed by atoms with Gasteiger partial charge in [0.2, 0.25) is 0 Å². The molecule has 100 valence electrons. The maximum absolute atomic E-state index is 4.88. The van der Waals surface area contributed by atoms with Gasteiger partial charge >= 0.3 is 0 Å². The lowest BCUT2D eigenvalue weighted by Crippen LogP contribution is -1.96. The van der Waals surface area contributed by atoms with Crippen molar-refractivity contribution in [1.82, 2.24) is 4.98 Å². The van der Waals surface area contributed by atoms with Crippen LogP contribution in [-0.2, 0) is 0 Å². The third-order valence-electron chi connectivity index (χ3n) is 3.85. The van der Waals surface area contributed by atoms with Gasteiger partial charge in [0.15, 0.2) is 0 Å². The quantitative estimate of drug-likeness (QED) is 0.612. The predicted octanol–water partition coefficient (Wildman–Crippen LogP) is 6.01. The number of rotatable bonds is 2. The van der Waals surface area contributed by atoms with Gasteiger partial charge in [-0.2, -0.15) is 0 Å². The summed E-state index contributed by atoms with van der Waals surface area (Å²) >= 11 is 5.37. The number of aromatic nitrogens is 1. The van der Waals surface area contributed by atoms with Gasteiger partial charge in [0.25, 0.3) is 0 Å². The first-order chi connectivity index (χ1) is 9.33. The zero-order valence-electron chi connectivity index (χ0n) is 10.9. The Bertz CT molecular complexity index is 541. The molecule has 0 bridgehead atoms. The normalized spacial score (nSPS) is 17.3. The Balaban J connectivity index is 1.82. The molecular weight excluding hydrogens is 318 g/mol. The van der Waals surface area contributed by atoms with Crippen molar-refractivity contribution < 1.29 is 0 Å². The smallest absolute Gasteiger partial charge is 0.0963 e. The highest BCUT2D eigenvalue weighted by molar-refractivity contribution is 9.10. The SMILES string of the molecule is Brc1cccc(-c2csc(C3CCCCCC3)n2)c1. The Morgan fingerprint density at radius 2 is 1.89 bits per heavy atom. The lowest BCUT2D eigenvalue weighted by Gasteiger charge is -2.09. The molecule has 0 N–H and O–H groups in total. The van der Waals surface area contributed by atoms with E-state index >= 15 is 0 Å². The van der Waals surface area contributed by atoms with Crippen LogP contribution in [0.4, 0.5) is 0 Å². The monoisotopic (exact) mass is 335 g/mol. The lowest BCUT2D eigenvalue weighted by molar-refractivity contribution is 0.589. The van der Waals surface area contributed by atoms with Crippen LogP contribution in [0.3, 0.4) is 0 Å². The fourth-order valence-electron chi connectivity index (χ4n) is 2.78. The van der Waals surface area contributed by atoms with E-state index in [4.69, 9.17) is 4.98 Å². The van der Waals surface area contributed by atoms with Crippen LogP contribution < -0.4 is 0 Å². The average Bonchev–Trinajstić information content (AvgIpc) is 2.75. The Morgan fingerprint density at radius 3 is 2.63 bits per heavy atom. The van der Waals surface area contributed by atoms with Crippen molar-refractivity contribution in [2.75, 3.05) is 0 Å². The van der Waals surface area contributed by atoms with Crippen LogP contribution in [0.25, 0.3) is 11.3 Å². The molecule has 0 radical (unpaired) electrons. The molecule has 1 heterocycles. The summed E-state index contributed by atoms with van der Waals surface area (Å²) in [5.74, 6) is 0.702. The number of halogens is 1. The van der Waals surface area contributed by atoms with Gasteiger partial charge in [0.05, 0.1) is 10.7 Å². The van der Waals surface area contributed by atoms with Crippen molar-refractivity contribution in [3.05, 3.63) is 39.1 Å². The summed E-state index contributed by atoms with van der Waals surface area (Å²) < 4.78 is 1.12. The van der Waals surface area contributed by atoms with Crippen LogP contribution in [0.1, 0.15) is 49.5 Å². The van der Waals surface area contributed by atoms with E-state index in [-0.39, 0.29) is 0 Å². The molecule has 1 aliphatic carbocycles. The number of hydrogen-bond acceptors (Lipinski definition) is 2. The first-order valence-electron chi connectivity index (χ1n) is 7.04. The van der Waals surface area contributed by atoms with Crippen molar-refractivity contribution in [2.45, 2.75) is 44.4 Å². The summed E-state index contributed by atoms with van der Waals surface area (Å²) in [6, 6.07) is 8.41. The van der Waals surface area contributed by atoms with Crippen molar-refractivity contribution in [3.63, 3.8) is 0 Å². The van der Waals surface area contributed by atoms with Crippen molar-refractivity contribution in [3.8, 4) is 11.3 Å². The molecule has 3 rings (SSSR count). The van der Waals surface area contributed by atoms with E-state index < -0.39 is 0 Å². The molecule has 1 aromatic heterocycles. The molecular formula is C16H18BrNS.